The number of carbonyl (C=O) groups excluding carboxylic acids is 2. The van der Waals surface area contributed by atoms with E-state index in [1.54, 1.807) is 11.6 Å². The van der Waals surface area contributed by atoms with Gasteiger partial charge in [0.05, 0.1) is 0 Å². The molecule has 2 aromatic carbocycles. The van der Waals surface area contributed by atoms with Gasteiger partial charge in [-0.2, -0.15) is 0 Å². The highest BCUT2D eigenvalue weighted by atomic mass is 32.1. The molecule has 6 heteroatoms. The summed E-state index contributed by atoms with van der Waals surface area (Å²) in [6, 6.07) is 13.7. The van der Waals surface area contributed by atoms with Crippen LogP contribution in [0.5, 0.6) is 0 Å². The molecule has 5 nitrogen and oxygen atoms in total. The summed E-state index contributed by atoms with van der Waals surface area (Å²) < 4.78 is 0. The molecule has 0 fully saturated rings. The number of hydrogen-bond acceptors (Lipinski definition) is 4. The van der Waals surface area contributed by atoms with Crippen molar-refractivity contribution in [1.82, 2.24) is 4.98 Å². The Bertz CT molecular complexity index is 831. The minimum atomic E-state index is -0.214. The molecule has 0 aliphatic heterocycles. The van der Waals surface area contributed by atoms with Gasteiger partial charge in [-0.3, -0.25) is 9.59 Å². The van der Waals surface area contributed by atoms with Gasteiger partial charge in [0.2, 0.25) is 11.8 Å². The van der Waals surface area contributed by atoms with Crippen LogP contribution in [0.2, 0.25) is 0 Å². The van der Waals surface area contributed by atoms with E-state index in [2.05, 4.69) is 15.6 Å². The van der Waals surface area contributed by atoms with Crippen LogP contribution in [0.3, 0.4) is 0 Å². The molecule has 0 unspecified atom stereocenters. The van der Waals surface area contributed by atoms with Crippen LogP contribution in [-0.2, 0) is 9.59 Å². The monoisotopic (exact) mass is 325 g/mol. The fourth-order valence-electron chi connectivity index (χ4n) is 2.18. The SMILES string of the molecule is O=C(CCC(=O)Nc1nccs1)Nc1ccc2ccccc2c1. The Morgan fingerprint density at radius 2 is 1.70 bits per heavy atom. The summed E-state index contributed by atoms with van der Waals surface area (Å²) in [6.07, 6.45) is 1.87. The largest absolute Gasteiger partial charge is 0.326 e. The van der Waals surface area contributed by atoms with E-state index in [4.69, 9.17) is 0 Å². The number of thiazole rings is 1. The van der Waals surface area contributed by atoms with Crippen LogP contribution in [0.1, 0.15) is 12.8 Å². The summed E-state index contributed by atoms with van der Waals surface area (Å²) in [6.45, 7) is 0. The Kier molecular flexibility index (Phi) is 4.63. The summed E-state index contributed by atoms with van der Waals surface area (Å²) in [5.74, 6) is -0.400. The number of rotatable bonds is 5. The number of nitrogens with zero attached hydrogens (tertiary/aromatic N) is 1. The van der Waals surface area contributed by atoms with Crippen molar-refractivity contribution in [2.75, 3.05) is 10.6 Å². The van der Waals surface area contributed by atoms with Crippen molar-refractivity contribution in [3.63, 3.8) is 0 Å². The van der Waals surface area contributed by atoms with Gasteiger partial charge in [-0.25, -0.2) is 4.98 Å². The minimum absolute atomic E-state index is 0.124. The molecule has 116 valence electrons. The van der Waals surface area contributed by atoms with Crippen molar-refractivity contribution in [2.24, 2.45) is 0 Å². The van der Waals surface area contributed by atoms with E-state index in [1.165, 1.54) is 11.3 Å². The average molecular weight is 325 g/mol. The van der Waals surface area contributed by atoms with Crippen molar-refractivity contribution in [3.05, 3.63) is 54.0 Å². The molecule has 0 spiro atoms. The summed E-state index contributed by atoms with van der Waals surface area (Å²) >= 11 is 1.35. The fourth-order valence-corrected chi connectivity index (χ4v) is 2.73. The van der Waals surface area contributed by atoms with E-state index in [9.17, 15) is 9.59 Å². The molecule has 0 radical (unpaired) electrons. The molecule has 0 aliphatic rings. The maximum absolute atomic E-state index is 12.0. The summed E-state index contributed by atoms with van der Waals surface area (Å²) in [5.41, 5.74) is 0.731. The molecular weight excluding hydrogens is 310 g/mol. The maximum Gasteiger partial charge on any atom is 0.226 e. The first-order chi connectivity index (χ1) is 11.2. The first-order valence-corrected chi connectivity index (χ1v) is 8.07. The third-order valence-corrected chi connectivity index (χ3v) is 3.98. The number of aromatic nitrogens is 1. The molecule has 2 amide bonds. The number of carbonyl (C=O) groups is 2. The standard InChI is InChI=1S/C17H15N3O2S/c21-15(7-8-16(22)20-17-18-9-10-23-17)19-14-6-5-12-3-1-2-4-13(12)11-14/h1-6,9-11H,7-8H2,(H,19,21)(H,18,20,22). The first kappa shape index (κ1) is 15.2. The summed E-state index contributed by atoms with van der Waals surface area (Å²) in [7, 11) is 0. The fraction of sp³-hybridized carbons (Fsp3) is 0.118. The third-order valence-electron chi connectivity index (χ3n) is 3.29. The van der Waals surface area contributed by atoms with Gasteiger partial charge in [0.1, 0.15) is 0 Å². The van der Waals surface area contributed by atoms with Gasteiger partial charge in [-0.15, -0.1) is 11.3 Å². The molecule has 0 atom stereocenters. The van der Waals surface area contributed by atoms with Crippen LogP contribution >= 0.6 is 11.3 Å². The first-order valence-electron chi connectivity index (χ1n) is 7.19. The zero-order chi connectivity index (χ0) is 16.1. The van der Waals surface area contributed by atoms with E-state index in [-0.39, 0.29) is 24.7 Å². The normalized spacial score (nSPS) is 10.4. The molecule has 0 saturated carbocycles. The van der Waals surface area contributed by atoms with E-state index in [0.717, 1.165) is 16.5 Å². The Morgan fingerprint density at radius 1 is 0.957 bits per heavy atom. The second kappa shape index (κ2) is 7.02. The molecule has 23 heavy (non-hydrogen) atoms. The second-order valence-corrected chi connectivity index (χ2v) is 5.89. The number of anilines is 2. The van der Waals surface area contributed by atoms with Gasteiger partial charge in [-0.05, 0) is 22.9 Å². The van der Waals surface area contributed by atoms with Gasteiger partial charge in [0, 0.05) is 30.1 Å². The lowest BCUT2D eigenvalue weighted by Crippen LogP contribution is -2.17. The van der Waals surface area contributed by atoms with Crippen LogP contribution in [-0.4, -0.2) is 16.8 Å². The molecule has 0 saturated heterocycles. The van der Waals surface area contributed by atoms with Gasteiger partial charge >= 0.3 is 0 Å². The molecule has 0 aliphatic carbocycles. The van der Waals surface area contributed by atoms with Crippen molar-refractivity contribution < 1.29 is 9.59 Å². The van der Waals surface area contributed by atoms with E-state index in [1.807, 2.05) is 42.5 Å². The van der Waals surface area contributed by atoms with Crippen molar-refractivity contribution in [3.8, 4) is 0 Å². The molecule has 3 aromatic rings. The lowest BCUT2D eigenvalue weighted by molar-refractivity contribution is -0.121. The molecule has 3 rings (SSSR count). The van der Waals surface area contributed by atoms with Gasteiger partial charge in [0.25, 0.3) is 0 Å². The lowest BCUT2D eigenvalue weighted by atomic mass is 10.1. The topological polar surface area (TPSA) is 71.1 Å². The predicted molar refractivity (Wildman–Crippen MR) is 92.6 cm³/mol. The second-order valence-electron chi connectivity index (χ2n) is 5.00. The zero-order valence-corrected chi connectivity index (χ0v) is 13.1. The number of amides is 2. The van der Waals surface area contributed by atoms with Gasteiger partial charge in [-0.1, -0.05) is 30.3 Å². The third kappa shape index (κ3) is 4.14. The number of benzene rings is 2. The highest BCUT2D eigenvalue weighted by Crippen LogP contribution is 2.19. The van der Waals surface area contributed by atoms with E-state index < -0.39 is 0 Å². The van der Waals surface area contributed by atoms with Crippen LogP contribution in [0.25, 0.3) is 10.8 Å². The predicted octanol–water partition coefficient (Wildman–Crippen LogP) is 3.65. The average Bonchev–Trinajstić information content (AvgIpc) is 3.06. The Hall–Kier alpha value is -2.73. The maximum atomic E-state index is 12.0. The Morgan fingerprint density at radius 3 is 2.43 bits per heavy atom. The summed E-state index contributed by atoms with van der Waals surface area (Å²) in [5, 5.41) is 9.98. The van der Waals surface area contributed by atoms with Crippen LogP contribution in [0, 0.1) is 0 Å². The van der Waals surface area contributed by atoms with Crippen molar-refractivity contribution >= 4 is 44.7 Å². The highest BCUT2D eigenvalue weighted by Gasteiger charge is 2.09. The molecule has 0 bridgehead atoms. The van der Waals surface area contributed by atoms with Crippen molar-refractivity contribution in [2.45, 2.75) is 12.8 Å². The van der Waals surface area contributed by atoms with Gasteiger partial charge < -0.3 is 10.6 Å². The van der Waals surface area contributed by atoms with E-state index >= 15 is 0 Å². The number of fused-ring (bicyclic) bond motifs is 1. The number of hydrogen-bond donors (Lipinski definition) is 2. The highest BCUT2D eigenvalue weighted by molar-refractivity contribution is 7.13. The van der Waals surface area contributed by atoms with Gasteiger partial charge in [0.15, 0.2) is 5.13 Å². The number of nitrogens with one attached hydrogen (secondary N) is 2. The van der Waals surface area contributed by atoms with E-state index in [0.29, 0.717) is 5.13 Å². The van der Waals surface area contributed by atoms with Crippen LogP contribution in [0.4, 0.5) is 10.8 Å². The van der Waals surface area contributed by atoms with Crippen LogP contribution in [0.15, 0.2) is 54.0 Å². The Labute approximate surface area is 137 Å². The quantitative estimate of drug-likeness (QED) is 0.752. The molecule has 1 heterocycles. The molecular formula is C17H15N3O2S. The smallest absolute Gasteiger partial charge is 0.226 e. The minimum Gasteiger partial charge on any atom is -0.326 e. The van der Waals surface area contributed by atoms with Crippen LogP contribution < -0.4 is 10.6 Å². The molecule has 1 aromatic heterocycles. The summed E-state index contributed by atoms with van der Waals surface area (Å²) in [4.78, 5) is 27.6. The van der Waals surface area contributed by atoms with Crippen molar-refractivity contribution in [1.29, 1.82) is 0 Å². The Balaban J connectivity index is 1.53. The lowest BCUT2D eigenvalue weighted by Gasteiger charge is -2.06. The zero-order valence-electron chi connectivity index (χ0n) is 12.3. The molecule has 2 N–H and O–H groups in total.